The van der Waals surface area contributed by atoms with E-state index in [1.165, 1.54) is 34.8 Å². The van der Waals surface area contributed by atoms with E-state index in [9.17, 15) is 35.1 Å². The molecule has 0 aromatic heterocycles. The third-order valence-corrected chi connectivity index (χ3v) is 11.7. The number of carbonyl (C=O) groups excluding carboxylic acids is 2. The number of Topliss-reactive ketones (excluding diaryl/α,β-unsaturated/α-hetero) is 1. The van der Waals surface area contributed by atoms with Crippen LogP contribution in [0, 0.1) is 23.7 Å². The van der Waals surface area contributed by atoms with Crippen LogP contribution in [-0.4, -0.2) is 148 Å². The van der Waals surface area contributed by atoms with Crippen molar-refractivity contribution >= 4 is 11.8 Å². The molecule has 0 amide bonds. The van der Waals surface area contributed by atoms with Crippen molar-refractivity contribution in [2.24, 2.45) is 23.7 Å². The van der Waals surface area contributed by atoms with Crippen LogP contribution in [0.2, 0.25) is 0 Å². The minimum Gasteiger partial charge on any atom is -0.459 e. The Kier molecular flexibility index (Phi) is 14.1. The molecule has 50 heavy (non-hydrogen) atoms. The van der Waals surface area contributed by atoms with Gasteiger partial charge < -0.3 is 58.9 Å². The first kappa shape index (κ1) is 43.1. The highest BCUT2D eigenvalue weighted by molar-refractivity contribution is 5.83. The van der Waals surface area contributed by atoms with E-state index in [2.05, 4.69) is 0 Å². The maximum atomic E-state index is 13.9. The topological polar surface area (TPSA) is 194 Å². The lowest BCUT2D eigenvalue weighted by atomic mass is 9.74. The zero-order chi connectivity index (χ0) is 38.3. The second-order valence-corrected chi connectivity index (χ2v) is 16.2. The molecule has 0 aromatic rings. The number of hydrogen-bond acceptors (Lipinski definition) is 14. The second-order valence-electron chi connectivity index (χ2n) is 16.2. The Bertz CT molecular complexity index is 1150. The molecule has 0 radical (unpaired) electrons. The molecule has 0 aromatic carbocycles. The van der Waals surface area contributed by atoms with E-state index >= 15 is 0 Å². The number of rotatable bonds is 6. The molecule has 0 aliphatic carbocycles. The number of esters is 1. The van der Waals surface area contributed by atoms with Gasteiger partial charge in [0.15, 0.2) is 12.6 Å². The van der Waals surface area contributed by atoms with Crippen molar-refractivity contribution < 1.29 is 63.5 Å². The Balaban J connectivity index is 2.16. The molecule has 14 nitrogen and oxygen atoms in total. The maximum Gasteiger partial charge on any atom is 0.311 e. The molecular formula is C36H65NO13. The molecule has 0 spiro atoms. The molecule has 4 unspecified atom stereocenters. The minimum absolute atomic E-state index is 0.0924. The summed E-state index contributed by atoms with van der Waals surface area (Å²) in [7, 11) is 5.17. The van der Waals surface area contributed by atoms with Gasteiger partial charge in [-0.05, 0) is 75.4 Å². The molecule has 3 saturated heterocycles. The van der Waals surface area contributed by atoms with Gasteiger partial charge in [-0.15, -0.1) is 0 Å². The fourth-order valence-electron chi connectivity index (χ4n) is 8.00. The summed E-state index contributed by atoms with van der Waals surface area (Å²) < 4.78 is 36.8. The van der Waals surface area contributed by atoms with E-state index in [4.69, 9.17) is 28.4 Å². The summed E-state index contributed by atoms with van der Waals surface area (Å²) in [6.07, 6.45) is -9.90. The number of nitrogens with zero attached hydrogens (tertiary/aromatic N) is 1. The van der Waals surface area contributed by atoms with Gasteiger partial charge in [0.05, 0.1) is 47.6 Å². The van der Waals surface area contributed by atoms with Crippen LogP contribution in [0.5, 0.6) is 0 Å². The van der Waals surface area contributed by atoms with Gasteiger partial charge in [0.25, 0.3) is 0 Å². The summed E-state index contributed by atoms with van der Waals surface area (Å²) in [4.78, 5) is 29.5. The summed E-state index contributed by atoms with van der Waals surface area (Å²) in [5.74, 6) is -5.00. The molecule has 0 bridgehead atoms. The highest BCUT2D eigenvalue weighted by Crippen LogP contribution is 2.40. The number of hydrogen-bond donors (Lipinski definition) is 5. The lowest BCUT2D eigenvalue weighted by molar-refractivity contribution is -0.318. The Morgan fingerprint density at radius 3 is 2.00 bits per heavy atom. The van der Waals surface area contributed by atoms with Crippen molar-refractivity contribution in [1.29, 1.82) is 0 Å². The molecule has 292 valence electrons. The van der Waals surface area contributed by atoms with Gasteiger partial charge in [0, 0.05) is 37.3 Å². The van der Waals surface area contributed by atoms with Crippen molar-refractivity contribution in [3.05, 3.63) is 0 Å². The molecule has 0 saturated carbocycles. The van der Waals surface area contributed by atoms with Crippen molar-refractivity contribution in [2.75, 3.05) is 21.2 Å². The van der Waals surface area contributed by atoms with E-state index < -0.39 is 108 Å². The number of aliphatic hydroxyl groups excluding tert-OH is 3. The molecule has 3 rings (SSSR count). The largest absolute Gasteiger partial charge is 0.459 e. The number of cyclic esters (lactones) is 1. The van der Waals surface area contributed by atoms with Gasteiger partial charge in [-0.3, -0.25) is 9.59 Å². The van der Waals surface area contributed by atoms with Gasteiger partial charge in [-0.25, -0.2) is 0 Å². The highest BCUT2D eigenvalue weighted by atomic mass is 16.7. The summed E-state index contributed by atoms with van der Waals surface area (Å²) in [6, 6.07) is -0.323. The monoisotopic (exact) mass is 719 g/mol. The number of aliphatic hydroxyl groups is 5. The van der Waals surface area contributed by atoms with Crippen LogP contribution in [0.15, 0.2) is 0 Å². The molecule has 14 heteroatoms. The number of carbonyl (C=O) groups is 2. The Labute approximate surface area is 297 Å². The molecule has 5 N–H and O–H groups in total. The van der Waals surface area contributed by atoms with E-state index in [1.807, 2.05) is 25.9 Å². The van der Waals surface area contributed by atoms with Gasteiger partial charge in [-0.2, -0.15) is 0 Å². The zero-order valence-electron chi connectivity index (χ0n) is 32.2. The summed E-state index contributed by atoms with van der Waals surface area (Å²) in [5.41, 5.74) is -4.85. The third kappa shape index (κ3) is 9.07. The van der Waals surface area contributed by atoms with E-state index in [0.717, 1.165) is 0 Å². The van der Waals surface area contributed by atoms with Crippen LogP contribution in [-0.2, 0) is 38.0 Å². The summed E-state index contributed by atoms with van der Waals surface area (Å²) in [5, 5.41) is 57.2. The van der Waals surface area contributed by atoms with Crippen LogP contribution < -0.4 is 0 Å². The van der Waals surface area contributed by atoms with Crippen molar-refractivity contribution in [2.45, 2.75) is 173 Å². The Morgan fingerprint density at radius 2 is 1.44 bits per heavy atom. The second kappa shape index (κ2) is 16.4. The number of methoxy groups -OCH3 is 1. The van der Waals surface area contributed by atoms with Gasteiger partial charge in [-0.1, -0.05) is 20.8 Å². The number of likely N-dealkylation sites (N-methyl/N-ethyl adjacent to an activating group) is 1. The lowest BCUT2D eigenvalue weighted by Gasteiger charge is -2.49. The SMILES string of the molecule is COC1(C)C[C@@H](O[C@H]2[C@H](C)[C@@H](O[C@@H]3O[C@H](C)CC(N(C)C)C3O)[C@](C)(O)C[C@@H](C)C(=O)[C@H](C)[C@@H](O)[C@](C)(O)[C@@H](C)OC(=O)[C@@H]2C)O[C@H](C)C1O. The molecule has 3 aliphatic rings. The van der Waals surface area contributed by atoms with E-state index in [-0.39, 0.29) is 25.0 Å². The highest BCUT2D eigenvalue weighted by Gasteiger charge is 2.53. The van der Waals surface area contributed by atoms with Gasteiger partial charge in [0.2, 0.25) is 0 Å². The van der Waals surface area contributed by atoms with Crippen molar-refractivity contribution in [3.63, 3.8) is 0 Å². The van der Waals surface area contributed by atoms with Gasteiger partial charge >= 0.3 is 5.97 Å². The van der Waals surface area contributed by atoms with Crippen molar-refractivity contribution in [1.82, 2.24) is 4.90 Å². The zero-order valence-corrected chi connectivity index (χ0v) is 32.2. The molecule has 3 fully saturated rings. The van der Waals surface area contributed by atoms with Crippen LogP contribution in [0.25, 0.3) is 0 Å². The minimum atomic E-state index is -2.00. The van der Waals surface area contributed by atoms with Crippen molar-refractivity contribution in [3.8, 4) is 0 Å². The van der Waals surface area contributed by atoms with Crippen LogP contribution in [0.3, 0.4) is 0 Å². The number of ketones is 1. The van der Waals surface area contributed by atoms with Gasteiger partial charge in [0.1, 0.15) is 29.7 Å². The predicted octanol–water partition coefficient (Wildman–Crippen LogP) is 1.40. The average Bonchev–Trinajstić information content (AvgIpc) is 3.03. The first-order chi connectivity index (χ1) is 22.9. The molecular weight excluding hydrogens is 654 g/mol. The predicted molar refractivity (Wildman–Crippen MR) is 182 cm³/mol. The van der Waals surface area contributed by atoms with E-state index in [0.29, 0.717) is 6.42 Å². The van der Waals surface area contributed by atoms with E-state index in [1.54, 1.807) is 34.6 Å². The number of ether oxygens (including phenoxy) is 6. The summed E-state index contributed by atoms with van der Waals surface area (Å²) in [6.45, 7) is 16.0. The van der Waals surface area contributed by atoms with Crippen LogP contribution >= 0.6 is 0 Å². The quantitative estimate of drug-likeness (QED) is 0.247. The van der Waals surface area contributed by atoms with Crippen LogP contribution in [0.1, 0.15) is 88.5 Å². The fraction of sp³-hybridized carbons (Fsp3) is 0.944. The Morgan fingerprint density at radius 1 is 0.840 bits per heavy atom. The Hall–Kier alpha value is -1.30. The lowest BCUT2D eigenvalue weighted by Crippen LogP contribution is -2.61. The molecule has 18 atom stereocenters. The third-order valence-electron chi connectivity index (χ3n) is 11.7. The van der Waals surface area contributed by atoms with Crippen LogP contribution in [0.4, 0.5) is 0 Å². The molecule has 3 heterocycles. The first-order valence-electron chi connectivity index (χ1n) is 18.0. The fourth-order valence-corrected chi connectivity index (χ4v) is 8.00. The maximum absolute atomic E-state index is 13.9. The smallest absolute Gasteiger partial charge is 0.311 e. The first-order valence-corrected chi connectivity index (χ1v) is 18.0. The summed E-state index contributed by atoms with van der Waals surface area (Å²) >= 11 is 0. The molecule has 3 aliphatic heterocycles. The normalized spacial score (nSPS) is 50.5. The average molecular weight is 720 g/mol. The standard InChI is InChI=1S/C36H65NO13/c1-17-15-34(8,43)31(50-33-27(39)24(37(11)12)14-18(2)46-33)20(4)28(49-25-16-35(9,45-13)30(41)22(6)47-25)21(5)32(42)48-23(7)36(10,44)29(40)19(3)26(17)38/h17-25,27-31,33,39-41,43-44H,14-16H2,1-13H3/t17-,18-,19+,20+,21-,22-,23-,24?,25-,27?,28+,29-,30?,31-,33+,34-,35?,36-/m1/s1.